The maximum absolute atomic E-state index is 2.43. The Morgan fingerprint density at radius 2 is 0.692 bits per heavy atom. The number of hydrogen-bond acceptors (Lipinski definition) is 1. The van der Waals surface area contributed by atoms with Crippen molar-refractivity contribution in [2.24, 2.45) is 0 Å². The zero-order chi connectivity index (χ0) is 43.5. The van der Waals surface area contributed by atoms with Crippen LogP contribution in [0.3, 0.4) is 0 Å². The summed E-state index contributed by atoms with van der Waals surface area (Å²) in [6, 6.07) is 88.8. The molecule has 2 heteroatoms. The van der Waals surface area contributed by atoms with E-state index in [1.54, 1.807) is 0 Å². The third-order valence-electron chi connectivity index (χ3n) is 13.6. The first-order valence-corrected chi connectivity index (χ1v) is 22.6. The van der Waals surface area contributed by atoms with Crippen LogP contribution in [0.4, 0.5) is 17.1 Å². The molecule has 308 valence electrons. The third-order valence-corrected chi connectivity index (χ3v) is 13.6. The molecule has 2 nitrogen and oxygen atoms in total. The number of anilines is 3. The van der Waals surface area contributed by atoms with E-state index in [9.17, 15) is 0 Å². The van der Waals surface area contributed by atoms with Crippen molar-refractivity contribution in [3.05, 3.63) is 254 Å². The third kappa shape index (κ3) is 6.65. The Morgan fingerprint density at radius 1 is 0.308 bits per heavy atom. The van der Waals surface area contributed by atoms with Crippen molar-refractivity contribution in [3.63, 3.8) is 0 Å². The quantitative estimate of drug-likeness (QED) is 0.148. The molecule has 1 aliphatic rings. The fourth-order valence-corrected chi connectivity index (χ4v) is 10.3. The second kappa shape index (κ2) is 15.6. The predicted octanol–water partition coefficient (Wildman–Crippen LogP) is 17.2. The van der Waals surface area contributed by atoms with Crippen molar-refractivity contribution in [1.82, 2.24) is 4.57 Å². The maximum atomic E-state index is 2.43. The minimum atomic E-state index is -0.234. The largest absolute Gasteiger partial charge is 0.310 e. The van der Waals surface area contributed by atoms with Crippen LogP contribution >= 0.6 is 0 Å². The second-order valence-corrected chi connectivity index (χ2v) is 17.8. The normalized spacial score (nSPS) is 12.6. The zero-order valence-electron chi connectivity index (χ0n) is 36.5. The van der Waals surface area contributed by atoms with Gasteiger partial charge < -0.3 is 9.47 Å². The summed E-state index contributed by atoms with van der Waals surface area (Å²) in [5.41, 5.74) is 21.7. The SMILES string of the molecule is CC1(C)c2cc(N(c3ccc(-c4cccc(-c5ccccc5)c4)cc3)c3ccc(-c4cccc(-c5ccccc5)c4)cc3)ccc2-c2ccc(-n3c4ccccc4c4ccccc43)cc21. The van der Waals surface area contributed by atoms with Gasteiger partial charge in [0.1, 0.15) is 0 Å². The Bertz CT molecular complexity index is 3360. The van der Waals surface area contributed by atoms with Gasteiger partial charge in [-0.15, -0.1) is 0 Å². The van der Waals surface area contributed by atoms with E-state index in [2.05, 4.69) is 266 Å². The lowest BCUT2D eigenvalue weighted by atomic mass is 9.82. The monoisotopic (exact) mass is 830 g/mol. The highest BCUT2D eigenvalue weighted by molar-refractivity contribution is 6.09. The number of benzene rings is 10. The molecule has 1 heterocycles. The molecule has 0 radical (unpaired) electrons. The molecule has 12 rings (SSSR count). The van der Waals surface area contributed by atoms with Crippen molar-refractivity contribution >= 4 is 38.9 Å². The molecule has 1 aromatic heterocycles. The van der Waals surface area contributed by atoms with E-state index in [0.717, 1.165) is 17.1 Å². The average Bonchev–Trinajstić information content (AvgIpc) is 3.82. The number of nitrogens with zero attached hydrogens (tertiary/aromatic N) is 2. The Balaban J connectivity index is 0.939. The van der Waals surface area contributed by atoms with Gasteiger partial charge in [0, 0.05) is 38.9 Å². The standard InChI is InChI=1S/C63H46N2/c1-63(2)59-41-53(35-37-55(59)56-38-36-54(42-60(56)63)65-61-25-11-9-23-57(61)58-24-10-12-26-62(58)65)64(51-31-27-45(28-32-51)49-21-13-19-47(39-49)43-15-5-3-6-16-43)52-33-29-46(30-34-52)50-22-14-20-48(40-50)44-17-7-4-8-18-44/h3-42H,1-2H3. The minimum absolute atomic E-state index is 0.234. The highest BCUT2D eigenvalue weighted by Gasteiger charge is 2.36. The Hall–Kier alpha value is -8.20. The van der Waals surface area contributed by atoms with Crippen LogP contribution in [-0.4, -0.2) is 4.57 Å². The molecule has 0 N–H and O–H groups in total. The molecule has 0 amide bonds. The van der Waals surface area contributed by atoms with Crippen molar-refractivity contribution < 1.29 is 0 Å². The van der Waals surface area contributed by atoms with Crippen LogP contribution in [0.25, 0.3) is 83.1 Å². The van der Waals surface area contributed by atoms with E-state index in [0.29, 0.717) is 0 Å². The lowest BCUT2D eigenvalue weighted by Gasteiger charge is -2.28. The molecule has 0 saturated heterocycles. The summed E-state index contributed by atoms with van der Waals surface area (Å²) in [7, 11) is 0. The van der Waals surface area contributed by atoms with Crippen molar-refractivity contribution in [1.29, 1.82) is 0 Å². The molecule has 0 aliphatic heterocycles. The van der Waals surface area contributed by atoms with Gasteiger partial charge in [0.05, 0.1) is 11.0 Å². The number of rotatable bonds is 8. The van der Waals surface area contributed by atoms with Crippen LogP contribution in [-0.2, 0) is 5.41 Å². The molecule has 10 aromatic carbocycles. The molecule has 0 atom stereocenters. The molecule has 1 aliphatic carbocycles. The summed E-state index contributed by atoms with van der Waals surface area (Å²) in [6.45, 7) is 4.77. The van der Waals surface area contributed by atoms with Crippen LogP contribution in [0.2, 0.25) is 0 Å². The summed E-state index contributed by atoms with van der Waals surface area (Å²) in [4.78, 5) is 2.41. The van der Waals surface area contributed by atoms with Gasteiger partial charge in [-0.1, -0.05) is 184 Å². The van der Waals surface area contributed by atoms with Gasteiger partial charge in [-0.05, 0) is 140 Å². The minimum Gasteiger partial charge on any atom is -0.310 e. The summed E-state index contributed by atoms with van der Waals surface area (Å²) in [6.07, 6.45) is 0. The number of para-hydroxylation sites is 2. The maximum Gasteiger partial charge on any atom is 0.0541 e. The van der Waals surface area contributed by atoms with Gasteiger partial charge in [-0.2, -0.15) is 0 Å². The zero-order valence-corrected chi connectivity index (χ0v) is 36.5. The molecular weight excluding hydrogens is 785 g/mol. The molecule has 0 unspecified atom stereocenters. The van der Waals surface area contributed by atoms with E-state index < -0.39 is 0 Å². The predicted molar refractivity (Wildman–Crippen MR) is 275 cm³/mol. The fraction of sp³-hybridized carbons (Fsp3) is 0.0476. The lowest BCUT2D eigenvalue weighted by Crippen LogP contribution is -2.17. The summed E-state index contributed by atoms with van der Waals surface area (Å²) < 4.78 is 2.43. The lowest BCUT2D eigenvalue weighted by molar-refractivity contribution is 0.660. The molecule has 0 bridgehead atoms. The Morgan fingerprint density at radius 3 is 1.18 bits per heavy atom. The number of hydrogen-bond donors (Lipinski definition) is 0. The molecular formula is C63H46N2. The van der Waals surface area contributed by atoms with Crippen LogP contribution < -0.4 is 4.90 Å². The van der Waals surface area contributed by atoms with Gasteiger partial charge in [-0.25, -0.2) is 0 Å². The first-order valence-electron chi connectivity index (χ1n) is 22.6. The first kappa shape index (κ1) is 38.5. The van der Waals surface area contributed by atoms with Crippen LogP contribution in [0, 0.1) is 0 Å². The molecule has 0 spiro atoms. The van der Waals surface area contributed by atoms with Gasteiger partial charge in [0.2, 0.25) is 0 Å². The number of aromatic nitrogens is 1. The van der Waals surface area contributed by atoms with E-state index in [1.807, 2.05) is 0 Å². The molecule has 0 fully saturated rings. The smallest absolute Gasteiger partial charge is 0.0541 e. The first-order chi connectivity index (χ1) is 32.0. The highest BCUT2D eigenvalue weighted by atomic mass is 15.1. The Labute approximate surface area is 381 Å². The average molecular weight is 831 g/mol. The summed E-state index contributed by atoms with van der Waals surface area (Å²) in [5, 5.41) is 2.55. The van der Waals surface area contributed by atoms with Crippen LogP contribution in [0.15, 0.2) is 243 Å². The van der Waals surface area contributed by atoms with Crippen molar-refractivity contribution in [3.8, 4) is 61.3 Å². The fourth-order valence-electron chi connectivity index (χ4n) is 10.3. The summed E-state index contributed by atoms with van der Waals surface area (Å²) >= 11 is 0. The second-order valence-electron chi connectivity index (χ2n) is 17.8. The van der Waals surface area contributed by atoms with E-state index in [4.69, 9.17) is 0 Å². The van der Waals surface area contributed by atoms with Gasteiger partial charge in [0.25, 0.3) is 0 Å². The van der Waals surface area contributed by atoms with Gasteiger partial charge in [-0.3, -0.25) is 0 Å². The Kier molecular flexibility index (Phi) is 9.21. The topological polar surface area (TPSA) is 8.17 Å². The van der Waals surface area contributed by atoms with Gasteiger partial charge >= 0.3 is 0 Å². The van der Waals surface area contributed by atoms with Crippen LogP contribution in [0.1, 0.15) is 25.0 Å². The van der Waals surface area contributed by atoms with Crippen molar-refractivity contribution in [2.75, 3.05) is 4.90 Å². The molecule has 0 saturated carbocycles. The van der Waals surface area contributed by atoms with E-state index in [-0.39, 0.29) is 5.41 Å². The van der Waals surface area contributed by atoms with Gasteiger partial charge in [0.15, 0.2) is 0 Å². The van der Waals surface area contributed by atoms with Crippen LogP contribution in [0.5, 0.6) is 0 Å². The summed E-state index contributed by atoms with van der Waals surface area (Å²) in [5.74, 6) is 0. The highest BCUT2D eigenvalue weighted by Crippen LogP contribution is 2.52. The number of fused-ring (bicyclic) bond motifs is 6. The molecule has 11 aromatic rings. The molecule has 65 heavy (non-hydrogen) atoms. The van der Waals surface area contributed by atoms with E-state index in [1.165, 1.54) is 94.3 Å². The van der Waals surface area contributed by atoms with Crippen molar-refractivity contribution in [2.45, 2.75) is 19.3 Å². The van der Waals surface area contributed by atoms with E-state index >= 15 is 0 Å².